The van der Waals surface area contributed by atoms with Crippen LogP contribution >= 0.6 is 23.1 Å². The molecule has 0 aliphatic rings. The number of nitrogens with two attached hydrogens (primary N) is 2. The zero-order valence-electron chi connectivity index (χ0n) is 9.55. The van der Waals surface area contributed by atoms with Gasteiger partial charge < -0.3 is 5.73 Å². The molecule has 2 rings (SSSR count). The number of nitrogens with one attached hydrogen (secondary N) is 1. The van der Waals surface area contributed by atoms with Crippen LogP contribution in [0.25, 0.3) is 0 Å². The summed E-state index contributed by atoms with van der Waals surface area (Å²) in [6, 6.07) is 11.4. The van der Waals surface area contributed by atoms with Crippen molar-refractivity contribution in [1.29, 1.82) is 0 Å². The van der Waals surface area contributed by atoms with Crippen LogP contribution in [0.3, 0.4) is 0 Å². The molecule has 0 atom stereocenters. The molecule has 0 aliphatic carbocycles. The Morgan fingerprint density at radius 1 is 1.28 bits per heavy atom. The Hall–Kier alpha value is -1.50. The van der Waals surface area contributed by atoms with Crippen LogP contribution in [-0.2, 0) is 5.75 Å². The molecule has 0 saturated carbocycles. The predicted octanol–water partition coefficient (Wildman–Crippen LogP) is 2.23. The normalized spacial score (nSPS) is 10.3. The van der Waals surface area contributed by atoms with Crippen molar-refractivity contribution in [2.24, 2.45) is 5.84 Å². The van der Waals surface area contributed by atoms with Crippen LogP contribution in [-0.4, -0.2) is 5.91 Å². The van der Waals surface area contributed by atoms with Crippen molar-refractivity contribution in [1.82, 2.24) is 5.43 Å². The third-order valence-electron chi connectivity index (χ3n) is 2.31. The highest BCUT2D eigenvalue weighted by Gasteiger charge is 2.08. The molecule has 1 amide bonds. The Morgan fingerprint density at radius 2 is 2.06 bits per heavy atom. The number of thioether (sulfide) groups is 1. The Balaban J connectivity index is 2.01. The largest absolute Gasteiger partial charge is 0.398 e. The fourth-order valence-corrected chi connectivity index (χ4v) is 3.33. The average Bonchev–Trinajstić information content (AvgIpc) is 2.86. The first kappa shape index (κ1) is 12.9. The molecule has 4 nitrogen and oxygen atoms in total. The van der Waals surface area contributed by atoms with Crippen molar-refractivity contribution in [3.05, 3.63) is 46.2 Å². The van der Waals surface area contributed by atoms with Crippen molar-refractivity contribution in [2.45, 2.75) is 10.6 Å². The van der Waals surface area contributed by atoms with Crippen LogP contribution in [0.1, 0.15) is 14.5 Å². The molecule has 0 fully saturated rings. The van der Waals surface area contributed by atoms with Crippen molar-refractivity contribution < 1.29 is 4.79 Å². The number of amides is 1. The number of para-hydroxylation sites is 1. The Morgan fingerprint density at radius 3 is 2.78 bits per heavy atom. The highest BCUT2D eigenvalue weighted by molar-refractivity contribution is 7.98. The van der Waals surface area contributed by atoms with Gasteiger partial charge in [0.25, 0.3) is 5.91 Å². The van der Waals surface area contributed by atoms with Crippen LogP contribution in [0.4, 0.5) is 5.69 Å². The molecule has 2 aromatic rings. The second kappa shape index (κ2) is 5.90. The summed E-state index contributed by atoms with van der Waals surface area (Å²) < 4.78 is 0. The van der Waals surface area contributed by atoms with Gasteiger partial charge in [0.15, 0.2) is 0 Å². The molecule has 0 radical (unpaired) electrons. The van der Waals surface area contributed by atoms with Crippen LogP contribution in [0.2, 0.25) is 0 Å². The lowest BCUT2D eigenvalue weighted by atomic mass is 10.3. The van der Waals surface area contributed by atoms with Crippen LogP contribution in [0, 0.1) is 0 Å². The molecular weight excluding hydrogens is 266 g/mol. The van der Waals surface area contributed by atoms with Crippen molar-refractivity contribution >= 4 is 34.7 Å². The van der Waals surface area contributed by atoms with Gasteiger partial charge in [-0.25, -0.2) is 5.84 Å². The average molecular weight is 279 g/mol. The van der Waals surface area contributed by atoms with E-state index in [1.165, 1.54) is 11.3 Å². The third kappa shape index (κ3) is 3.04. The van der Waals surface area contributed by atoms with E-state index in [1.54, 1.807) is 17.8 Å². The molecule has 0 saturated heterocycles. The van der Waals surface area contributed by atoms with Gasteiger partial charge in [-0.1, -0.05) is 12.1 Å². The zero-order valence-corrected chi connectivity index (χ0v) is 11.2. The van der Waals surface area contributed by atoms with Crippen molar-refractivity contribution in [3.8, 4) is 0 Å². The zero-order chi connectivity index (χ0) is 13.0. The monoisotopic (exact) mass is 279 g/mol. The summed E-state index contributed by atoms with van der Waals surface area (Å²) in [6.07, 6.45) is 0. The predicted molar refractivity (Wildman–Crippen MR) is 76.4 cm³/mol. The van der Waals surface area contributed by atoms with E-state index < -0.39 is 0 Å². The van der Waals surface area contributed by atoms with E-state index in [2.05, 4.69) is 5.43 Å². The number of hydrogen-bond acceptors (Lipinski definition) is 5. The molecular formula is C12H13N3OS2. The van der Waals surface area contributed by atoms with Gasteiger partial charge in [-0.15, -0.1) is 23.1 Å². The maximum Gasteiger partial charge on any atom is 0.275 e. The van der Waals surface area contributed by atoms with E-state index in [-0.39, 0.29) is 5.91 Å². The van der Waals surface area contributed by atoms with E-state index >= 15 is 0 Å². The second-order valence-electron chi connectivity index (χ2n) is 3.57. The lowest BCUT2D eigenvalue weighted by Crippen LogP contribution is -2.29. The topological polar surface area (TPSA) is 81.1 Å². The Bertz CT molecular complexity index is 554. The minimum absolute atomic E-state index is 0.254. The smallest absolute Gasteiger partial charge is 0.275 e. The first-order valence-electron chi connectivity index (χ1n) is 5.27. The van der Waals surface area contributed by atoms with Gasteiger partial charge in [0.1, 0.15) is 0 Å². The summed E-state index contributed by atoms with van der Waals surface area (Å²) in [5, 5.41) is 0. The van der Waals surface area contributed by atoms with Crippen LogP contribution < -0.4 is 17.0 Å². The highest BCUT2D eigenvalue weighted by atomic mass is 32.2. The molecule has 0 unspecified atom stereocenters. The summed E-state index contributed by atoms with van der Waals surface area (Å²) in [5.41, 5.74) is 8.76. The Kier molecular flexibility index (Phi) is 4.24. The van der Waals surface area contributed by atoms with Crippen molar-refractivity contribution in [3.63, 3.8) is 0 Å². The third-order valence-corrected chi connectivity index (χ3v) is 4.71. The van der Waals surface area contributed by atoms with Gasteiger partial charge in [-0.2, -0.15) is 0 Å². The maximum absolute atomic E-state index is 11.3. The molecule has 5 N–H and O–H groups in total. The number of carbonyl (C=O) groups is 1. The van der Waals surface area contributed by atoms with Crippen LogP contribution in [0.15, 0.2) is 41.3 Å². The lowest BCUT2D eigenvalue weighted by molar-refractivity contribution is 0.0957. The number of benzene rings is 1. The highest BCUT2D eigenvalue weighted by Crippen LogP contribution is 2.30. The summed E-state index contributed by atoms with van der Waals surface area (Å²) in [7, 11) is 0. The van der Waals surface area contributed by atoms with Crippen molar-refractivity contribution in [2.75, 3.05) is 5.73 Å². The van der Waals surface area contributed by atoms with E-state index in [4.69, 9.17) is 11.6 Å². The summed E-state index contributed by atoms with van der Waals surface area (Å²) in [6.45, 7) is 0. The number of thiophene rings is 1. The van der Waals surface area contributed by atoms with E-state index in [9.17, 15) is 4.79 Å². The standard InChI is InChI=1S/C12H13N3OS2/c13-9-3-1-2-4-10(9)17-7-8-5-6-11(18-8)12(16)15-14/h1-6H,7,13-14H2,(H,15,16). The second-order valence-corrected chi connectivity index (χ2v) is 5.75. The molecule has 94 valence electrons. The summed E-state index contributed by atoms with van der Waals surface area (Å²) >= 11 is 3.09. The molecule has 6 heteroatoms. The first-order chi connectivity index (χ1) is 8.70. The van der Waals surface area contributed by atoms with Gasteiger partial charge >= 0.3 is 0 Å². The molecule has 1 heterocycles. The van der Waals surface area contributed by atoms with E-state index in [0.29, 0.717) is 4.88 Å². The van der Waals surface area contributed by atoms with Gasteiger partial charge in [0.2, 0.25) is 0 Å². The molecule has 18 heavy (non-hydrogen) atoms. The lowest BCUT2D eigenvalue weighted by Gasteiger charge is -2.03. The number of anilines is 1. The van der Waals surface area contributed by atoms with Gasteiger partial charge in [0, 0.05) is 21.2 Å². The maximum atomic E-state index is 11.3. The fourth-order valence-electron chi connectivity index (χ4n) is 1.41. The van der Waals surface area contributed by atoms with E-state index in [0.717, 1.165) is 21.2 Å². The first-order valence-corrected chi connectivity index (χ1v) is 7.08. The molecule has 0 spiro atoms. The number of carbonyl (C=O) groups excluding carboxylic acids is 1. The number of nitrogen functional groups attached to an aromatic ring is 2. The van der Waals surface area contributed by atoms with Gasteiger partial charge in [0.05, 0.1) is 4.88 Å². The summed E-state index contributed by atoms with van der Waals surface area (Å²) in [5.74, 6) is 5.62. The number of hydrazine groups is 1. The molecule has 0 bridgehead atoms. The summed E-state index contributed by atoms with van der Waals surface area (Å²) in [4.78, 5) is 14.1. The number of rotatable bonds is 4. The van der Waals surface area contributed by atoms with Gasteiger partial charge in [-0.05, 0) is 24.3 Å². The fraction of sp³-hybridized carbons (Fsp3) is 0.0833. The SMILES string of the molecule is NNC(=O)c1ccc(CSc2ccccc2N)s1. The van der Waals surface area contributed by atoms with E-state index in [1.807, 2.05) is 30.3 Å². The Labute approximate surface area is 113 Å². The van der Waals surface area contributed by atoms with Crippen LogP contribution in [0.5, 0.6) is 0 Å². The molecule has 0 aliphatic heterocycles. The molecule has 1 aromatic carbocycles. The number of hydrogen-bond donors (Lipinski definition) is 3. The molecule has 1 aromatic heterocycles. The minimum Gasteiger partial charge on any atom is -0.398 e. The minimum atomic E-state index is -0.254. The quantitative estimate of drug-likeness (QED) is 0.263. The van der Waals surface area contributed by atoms with Gasteiger partial charge in [-0.3, -0.25) is 10.2 Å².